The van der Waals surface area contributed by atoms with Gasteiger partial charge in [0.25, 0.3) is 5.91 Å². The summed E-state index contributed by atoms with van der Waals surface area (Å²) >= 11 is 0. The van der Waals surface area contributed by atoms with Gasteiger partial charge in [0.2, 0.25) is 5.91 Å². The molecule has 1 aromatic carbocycles. The van der Waals surface area contributed by atoms with Crippen LogP contribution < -0.4 is 4.90 Å². The monoisotopic (exact) mass is 348 g/mol. The van der Waals surface area contributed by atoms with E-state index in [0.717, 1.165) is 17.7 Å². The molecular weight excluding hydrogens is 328 g/mol. The Morgan fingerprint density at radius 1 is 1.31 bits per heavy atom. The van der Waals surface area contributed by atoms with E-state index in [2.05, 4.69) is 11.1 Å². The van der Waals surface area contributed by atoms with Crippen LogP contribution in [0, 0.1) is 11.3 Å². The number of carbonyl (C=O) groups is 2. The number of nitriles is 1. The van der Waals surface area contributed by atoms with Crippen LogP contribution in [0.15, 0.2) is 48.8 Å². The molecule has 1 saturated heterocycles. The minimum Gasteiger partial charge on any atom is -0.333 e. The lowest BCUT2D eigenvalue weighted by Crippen LogP contribution is -2.32. The number of benzene rings is 1. The van der Waals surface area contributed by atoms with Crippen molar-refractivity contribution in [3.05, 3.63) is 59.9 Å². The molecule has 3 rings (SSSR count). The van der Waals surface area contributed by atoms with Gasteiger partial charge in [-0.25, -0.2) is 0 Å². The van der Waals surface area contributed by atoms with Gasteiger partial charge >= 0.3 is 0 Å². The molecule has 0 aliphatic carbocycles. The first-order valence-electron chi connectivity index (χ1n) is 8.64. The van der Waals surface area contributed by atoms with Gasteiger partial charge in [0.15, 0.2) is 0 Å². The minimum absolute atomic E-state index is 0.0892. The normalized spacial score (nSPS) is 13.5. The van der Waals surface area contributed by atoms with Crippen LogP contribution in [-0.2, 0) is 11.3 Å². The van der Waals surface area contributed by atoms with Gasteiger partial charge < -0.3 is 9.80 Å². The molecule has 0 atom stereocenters. The lowest BCUT2D eigenvalue weighted by molar-refractivity contribution is -0.117. The first-order chi connectivity index (χ1) is 12.7. The van der Waals surface area contributed by atoms with Crippen molar-refractivity contribution in [3.63, 3.8) is 0 Å². The van der Waals surface area contributed by atoms with E-state index in [1.165, 1.54) is 0 Å². The largest absolute Gasteiger partial charge is 0.333 e. The second-order valence-electron chi connectivity index (χ2n) is 6.20. The fraction of sp³-hybridized carbons (Fsp3) is 0.300. The van der Waals surface area contributed by atoms with Crippen molar-refractivity contribution < 1.29 is 9.59 Å². The third-order valence-corrected chi connectivity index (χ3v) is 4.36. The molecule has 1 aliphatic rings. The Balaban J connectivity index is 1.82. The number of carbonyl (C=O) groups excluding carboxylic acids is 2. The van der Waals surface area contributed by atoms with E-state index in [0.29, 0.717) is 31.6 Å². The SMILES string of the molecule is N#CCCN(Cc1cccnc1)C(=O)c1cccc(N2CCCC2=O)c1. The van der Waals surface area contributed by atoms with Crippen molar-refractivity contribution in [3.8, 4) is 6.07 Å². The van der Waals surface area contributed by atoms with Crippen molar-refractivity contribution >= 4 is 17.5 Å². The van der Waals surface area contributed by atoms with E-state index in [-0.39, 0.29) is 18.2 Å². The number of aromatic nitrogens is 1. The van der Waals surface area contributed by atoms with Crippen molar-refractivity contribution in [2.75, 3.05) is 18.0 Å². The molecule has 0 radical (unpaired) electrons. The Bertz CT molecular complexity index is 829. The Hall–Kier alpha value is -3.20. The van der Waals surface area contributed by atoms with E-state index >= 15 is 0 Å². The molecule has 2 amide bonds. The number of rotatable bonds is 6. The van der Waals surface area contributed by atoms with Gasteiger partial charge in [0, 0.05) is 49.7 Å². The summed E-state index contributed by atoms with van der Waals surface area (Å²) in [5, 5.41) is 8.91. The summed E-state index contributed by atoms with van der Waals surface area (Å²) < 4.78 is 0. The van der Waals surface area contributed by atoms with Gasteiger partial charge in [0.1, 0.15) is 0 Å². The van der Waals surface area contributed by atoms with E-state index in [1.807, 2.05) is 18.2 Å². The molecule has 6 nitrogen and oxygen atoms in total. The number of nitrogens with zero attached hydrogens (tertiary/aromatic N) is 4. The summed E-state index contributed by atoms with van der Waals surface area (Å²) in [5.41, 5.74) is 2.17. The van der Waals surface area contributed by atoms with E-state index < -0.39 is 0 Å². The highest BCUT2D eigenvalue weighted by Gasteiger charge is 2.23. The second-order valence-corrected chi connectivity index (χ2v) is 6.20. The summed E-state index contributed by atoms with van der Waals surface area (Å²) in [4.78, 5) is 32.4. The van der Waals surface area contributed by atoms with Gasteiger partial charge in [-0.3, -0.25) is 14.6 Å². The first kappa shape index (κ1) is 17.6. The predicted molar refractivity (Wildman–Crippen MR) is 97.2 cm³/mol. The Labute approximate surface area is 152 Å². The zero-order valence-electron chi connectivity index (χ0n) is 14.5. The van der Waals surface area contributed by atoms with Gasteiger partial charge in [-0.15, -0.1) is 0 Å². The molecular formula is C20H20N4O2. The van der Waals surface area contributed by atoms with Crippen molar-refractivity contribution in [1.29, 1.82) is 5.26 Å². The average molecular weight is 348 g/mol. The van der Waals surface area contributed by atoms with Gasteiger partial charge in [-0.2, -0.15) is 5.26 Å². The average Bonchev–Trinajstić information content (AvgIpc) is 3.11. The Kier molecular flexibility index (Phi) is 5.59. The van der Waals surface area contributed by atoms with Crippen LogP contribution in [0.25, 0.3) is 0 Å². The fourth-order valence-corrected chi connectivity index (χ4v) is 3.06. The number of amides is 2. The number of hydrogen-bond donors (Lipinski definition) is 0. The van der Waals surface area contributed by atoms with Gasteiger partial charge in [-0.1, -0.05) is 12.1 Å². The molecule has 0 spiro atoms. The first-order valence-corrected chi connectivity index (χ1v) is 8.64. The number of pyridine rings is 1. The Morgan fingerprint density at radius 2 is 2.19 bits per heavy atom. The topological polar surface area (TPSA) is 77.3 Å². The number of anilines is 1. The van der Waals surface area contributed by atoms with Gasteiger partial charge in [0.05, 0.1) is 12.5 Å². The summed E-state index contributed by atoms with van der Waals surface area (Å²) in [5.74, 6) is -0.0658. The molecule has 1 aromatic heterocycles. The Morgan fingerprint density at radius 3 is 2.88 bits per heavy atom. The van der Waals surface area contributed by atoms with Crippen molar-refractivity contribution in [1.82, 2.24) is 9.88 Å². The fourth-order valence-electron chi connectivity index (χ4n) is 3.06. The lowest BCUT2D eigenvalue weighted by Gasteiger charge is -2.23. The maximum atomic E-state index is 13.0. The van der Waals surface area contributed by atoms with E-state index in [4.69, 9.17) is 5.26 Å². The quantitative estimate of drug-likeness (QED) is 0.804. The molecule has 26 heavy (non-hydrogen) atoms. The van der Waals surface area contributed by atoms with Crippen molar-refractivity contribution in [2.24, 2.45) is 0 Å². The highest BCUT2D eigenvalue weighted by molar-refractivity contribution is 5.99. The zero-order chi connectivity index (χ0) is 18.4. The van der Waals surface area contributed by atoms with Crippen LogP contribution in [0.2, 0.25) is 0 Å². The predicted octanol–water partition coefficient (Wildman–Crippen LogP) is 2.76. The molecule has 2 heterocycles. The molecule has 0 bridgehead atoms. The van der Waals surface area contributed by atoms with Crippen LogP contribution in [0.3, 0.4) is 0 Å². The van der Waals surface area contributed by atoms with Crippen LogP contribution in [0.5, 0.6) is 0 Å². The molecule has 1 aliphatic heterocycles. The summed E-state index contributed by atoms with van der Waals surface area (Å²) in [6.45, 7) is 1.42. The van der Waals surface area contributed by atoms with Gasteiger partial charge in [-0.05, 0) is 36.2 Å². The standard InChI is InChI=1S/C20H20N4O2/c21-9-4-11-23(15-16-5-2-10-22-14-16)20(26)17-6-1-7-18(13-17)24-12-3-8-19(24)25/h1-2,5-7,10,13-14H,3-4,8,11-12,15H2. The maximum Gasteiger partial charge on any atom is 0.254 e. The second kappa shape index (κ2) is 8.26. The van der Waals surface area contributed by atoms with Crippen LogP contribution in [-0.4, -0.2) is 34.8 Å². The molecule has 0 unspecified atom stereocenters. The van der Waals surface area contributed by atoms with E-state index in [9.17, 15) is 9.59 Å². The molecule has 1 fully saturated rings. The van der Waals surface area contributed by atoms with Crippen LogP contribution >= 0.6 is 0 Å². The number of hydrogen-bond acceptors (Lipinski definition) is 4. The third-order valence-electron chi connectivity index (χ3n) is 4.36. The smallest absolute Gasteiger partial charge is 0.254 e. The summed E-state index contributed by atoms with van der Waals surface area (Å²) in [6.07, 6.45) is 5.05. The highest BCUT2D eigenvalue weighted by Crippen LogP contribution is 2.23. The van der Waals surface area contributed by atoms with E-state index in [1.54, 1.807) is 40.4 Å². The lowest BCUT2D eigenvalue weighted by atomic mass is 10.1. The summed E-state index contributed by atoms with van der Waals surface area (Å²) in [6, 6.07) is 13.0. The minimum atomic E-state index is -0.155. The molecule has 0 N–H and O–H groups in total. The molecule has 132 valence electrons. The molecule has 6 heteroatoms. The summed E-state index contributed by atoms with van der Waals surface area (Å²) in [7, 11) is 0. The molecule has 0 saturated carbocycles. The van der Waals surface area contributed by atoms with Crippen LogP contribution in [0.1, 0.15) is 35.2 Å². The third kappa shape index (κ3) is 4.06. The highest BCUT2D eigenvalue weighted by atomic mass is 16.2. The molecule has 2 aromatic rings. The maximum absolute atomic E-state index is 13.0. The van der Waals surface area contributed by atoms with Crippen molar-refractivity contribution in [2.45, 2.75) is 25.8 Å². The zero-order valence-corrected chi connectivity index (χ0v) is 14.5. The van der Waals surface area contributed by atoms with Crippen LogP contribution in [0.4, 0.5) is 5.69 Å².